The first-order chi connectivity index (χ1) is 13.4. The quantitative estimate of drug-likeness (QED) is 0.716. The highest BCUT2D eigenvalue weighted by molar-refractivity contribution is 5.98. The topological polar surface area (TPSA) is 93.7 Å². The highest BCUT2D eigenvalue weighted by atomic mass is 16.5. The molecule has 2 rings (SSSR count). The van der Waals surface area contributed by atoms with Crippen LogP contribution in [0.2, 0.25) is 0 Å². The summed E-state index contributed by atoms with van der Waals surface area (Å²) in [7, 11) is 0. The summed E-state index contributed by atoms with van der Waals surface area (Å²) < 4.78 is 10.9. The van der Waals surface area contributed by atoms with Crippen LogP contribution in [0.25, 0.3) is 0 Å². The number of urea groups is 1. The minimum absolute atomic E-state index is 0.123. The van der Waals surface area contributed by atoms with Gasteiger partial charge in [-0.15, -0.1) is 0 Å². The zero-order chi connectivity index (χ0) is 20.5. The lowest BCUT2D eigenvalue weighted by Crippen LogP contribution is -2.46. The van der Waals surface area contributed by atoms with Gasteiger partial charge in [-0.2, -0.15) is 0 Å². The van der Waals surface area contributed by atoms with E-state index in [4.69, 9.17) is 9.47 Å². The van der Waals surface area contributed by atoms with Crippen molar-refractivity contribution >= 4 is 17.9 Å². The van der Waals surface area contributed by atoms with E-state index in [2.05, 4.69) is 10.6 Å². The highest BCUT2D eigenvalue weighted by Gasteiger charge is 2.22. The molecule has 0 aliphatic rings. The Morgan fingerprint density at radius 3 is 2.25 bits per heavy atom. The van der Waals surface area contributed by atoms with Crippen molar-refractivity contribution in [1.29, 1.82) is 0 Å². The lowest BCUT2D eigenvalue weighted by Gasteiger charge is -2.16. The van der Waals surface area contributed by atoms with E-state index in [-0.39, 0.29) is 12.6 Å². The van der Waals surface area contributed by atoms with Gasteiger partial charge in [-0.25, -0.2) is 9.59 Å². The number of carbonyl (C=O) groups excluding carboxylic acids is 3. The summed E-state index contributed by atoms with van der Waals surface area (Å²) in [6.45, 7) is 5.11. The molecule has 2 aromatic rings. The normalized spacial score (nSPS) is 11.4. The molecule has 0 saturated carbocycles. The number of carbonyl (C=O) groups is 3. The minimum Gasteiger partial charge on any atom is -0.489 e. The van der Waals surface area contributed by atoms with Crippen molar-refractivity contribution in [3.63, 3.8) is 0 Å². The van der Waals surface area contributed by atoms with Crippen molar-refractivity contribution in [1.82, 2.24) is 10.6 Å². The smallest absolute Gasteiger partial charge is 0.339 e. The fraction of sp³-hybridized carbons (Fsp3) is 0.286. The molecule has 0 heterocycles. The molecule has 0 radical (unpaired) electrons. The zero-order valence-electron chi connectivity index (χ0n) is 16.1. The van der Waals surface area contributed by atoms with Gasteiger partial charge in [0.15, 0.2) is 6.10 Å². The SMILES string of the molecule is CC(C)NC(=O)NC(=O)[C@H](C)OC(=O)c1ccccc1COc1ccccc1. The third kappa shape index (κ3) is 6.42. The predicted octanol–water partition coefficient (Wildman–Crippen LogP) is 3.05. The third-order valence-corrected chi connectivity index (χ3v) is 3.68. The van der Waals surface area contributed by atoms with Crippen molar-refractivity contribution in [2.24, 2.45) is 0 Å². The summed E-state index contributed by atoms with van der Waals surface area (Å²) in [5.41, 5.74) is 0.922. The maximum Gasteiger partial charge on any atom is 0.339 e. The van der Waals surface area contributed by atoms with E-state index in [1.165, 1.54) is 6.92 Å². The van der Waals surface area contributed by atoms with Crippen molar-refractivity contribution in [3.8, 4) is 5.75 Å². The van der Waals surface area contributed by atoms with Gasteiger partial charge in [-0.05, 0) is 39.0 Å². The number of hydrogen-bond acceptors (Lipinski definition) is 5. The van der Waals surface area contributed by atoms with Crippen LogP contribution in [0.1, 0.15) is 36.7 Å². The molecule has 0 bridgehead atoms. The molecule has 28 heavy (non-hydrogen) atoms. The number of esters is 1. The van der Waals surface area contributed by atoms with E-state index in [0.29, 0.717) is 16.9 Å². The van der Waals surface area contributed by atoms with Crippen LogP contribution in [0.5, 0.6) is 5.75 Å². The van der Waals surface area contributed by atoms with Crippen molar-refractivity contribution in [2.75, 3.05) is 0 Å². The second-order valence-electron chi connectivity index (χ2n) is 6.42. The monoisotopic (exact) mass is 384 g/mol. The lowest BCUT2D eigenvalue weighted by molar-refractivity contribution is -0.127. The van der Waals surface area contributed by atoms with Gasteiger partial charge >= 0.3 is 12.0 Å². The number of imide groups is 1. The van der Waals surface area contributed by atoms with Crippen LogP contribution in [-0.4, -0.2) is 30.1 Å². The molecule has 0 aliphatic heterocycles. The Morgan fingerprint density at radius 2 is 1.57 bits per heavy atom. The van der Waals surface area contributed by atoms with Crippen LogP contribution < -0.4 is 15.4 Å². The number of benzene rings is 2. The molecular formula is C21H24N2O5. The third-order valence-electron chi connectivity index (χ3n) is 3.68. The molecule has 0 fully saturated rings. The summed E-state index contributed by atoms with van der Waals surface area (Å²) in [6.07, 6.45) is -1.13. The summed E-state index contributed by atoms with van der Waals surface area (Å²) in [4.78, 5) is 36.1. The first-order valence-corrected chi connectivity index (χ1v) is 8.95. The average molecular weight is 384 g/mol. The summed E-state index contributed by atoms with van der Waals surface area (Å²) >= 11 is 0. The second kappa shape index (κ2) is 10.1. The van der Waals surface area contributed by atoms with Gasteiger partial charge in [0.2, 0.25) is 0 Å². The molecule has 7 nitrogen and oxygen atoms in total. The van der Waals surface area contributed by atoms with Crippen molar-refractivity contribution < 1.29 is 23.9 Å². The Morgan fingerprint density at radius 1 is 0.929 bits per heavy atom. The number of para-hydroxylation sites is 1. The molecule has 0 aromatic heterocycles. The Kier molecular flexibility index (Phi) is 7.56. The van der Waals surface area contributed by atoms with E-state index in [9.17, 15) is 14.4 Å². The molecule has 0 aliphatic carbocycles. The van der Waals surface area contributed by atoms with Gasteiger partial charge in [0.05, 0.1) is 5.56 Å². The maximum absolute atomic E-state index is 12.5. The number of rotatable bonds is 7. The van der Waals surface area contributed by atoms with E-state index in [1.54, 1.807) is 38.1 Å². The molecule has 7 heteroatoms. The summed E-state index contributed by atoms with van der Waals surface area (Å²) in [6, 6.07) is 15.3. The first kappa shape index (κ1) is 21.0. The Hall–Kier alpha value is -3.35. The van der Waals surface area contributed by atoms with Gasteiger partial charge in [0.25, 0.3) is 5.91 Å². The Labute approximate surface area is 164 Å². The summed E-state index contributed by atoms with van der Waals surface area (Å²) in [5, 5.41) is 4.67. The van der Waals surface area contributed by atoms with Crippen LogP contribution in [0.4, 0.5) is 4.79 Å². The van der Waals surface area contributed by atoms with Crippen molar-refractivity contribution in [2.45, 2.75) is 39.5 Å². The van der Waals surface area contributed by atoms with Crippen LogP contribution >= 0.6 is 0 Å². The number of amides is 3. The summed E-state index contributed by atoms with van der Waals surface area (Å²) in [5.74, 6) is -0.696. The zero-order valence-corrected chi connectivity index (χ0v) is 16.1. The predicted molar refractivity (Wildman–Crippen MR) is 104 cm³/mol. The fourth-order valence-corrected chi connectivity index (χ4v) is 2.31. The minimum atomic E-state index is -1.13. The number of ether oxygens (including phenoxy) is 2. The van der Waals surface area contributed by atoms with Gasteiger partial charge < -0.3 is 14.8 Å². The largest absolute Gasteiger partial charge is 0.489 e. The highest BCUT2D eigenvalue weighted by Crippen LogP contribution is 2.16. The molecular weight excluding hydrogens is 360 g/mol. The number of hydrogen-bond donors (Lipinski definition) is 2. The molecule has 0 saturated heterocycles. The second-order valence-corrected chi connectivity index (χ2v) is 6.42. The van der Waals surface area contributed by atoms with Gasteiger partial charge in [-0.1, -0.05) is 36.4 Å². The molecule has 148 valence electrons. The van der Waals surface area contributed by atoms with Crippen LogP contribution in [-0.2, 0) is 16.1 Å². The van der Waals surface area contributed by atoms with E-state index < -0.39 is 24.0 Å². The van der Waals surface area contributed by atoms with Crippen molar-refractivity contribution in [3.05, 3.63) is 65.7 Å². The molecule has 3 amide bonds. The van der Waals surface area contributed by atoms with E-state index >= 15 is 0 Å². The standard InChI is InChI=1S/C21H24N2O5/c1-14(2)22-21(26)23-19(24)15(3)28-20(25)18-12-8-7-9-16(18)13-27-17-10-5-4-6-11-17/h4-12,14-15H,13H2,1-3H3,(H2,22,23,24,26)/t15-/m0/s1. The molecule has 0 unspecified atom stereocenters. The van der Waals surface area contributed by atoms with Gasteiger partial charge in [0, 0.05) is 11.6 Å². The van der Waals surface area contributed by atoms with Gasteiger partial charge in [0.1, 0.15) is 12.4 Å². The number of nitrogens with one attached hydrogen (secondary N) is 2. The van der Waals surface area contributed by atoms with E-state index in [1.807, 2.05) is 30.3 Å². The Balaban J connectivity index is 1.98. The molecule has 1 atom stereocenters. The maximum atomic E-state index is 12.5. The van der Waals surface area contributed by atoms with Crippen LogP contribution in [0, 0.1) is 0 Å². The molecule has 2 N–H and O–H groups in total. The lowest BCUT2D eigenvalue weighted by atomic mass is 10.1. The van der Waals surface area contributed by atoms with E-state index in [0.717, 1.165) is 0 Å². The first-order valence-electron chi connectivity index (χ1n) is 8.95. The Bertz CT molecular complexity index is 821. The van der Waals surface area contributed by atoms with Crippen LogP contribution in [0.15, 0.2) is 54.6 Å². The van der Waals surface area contributed by atoms with Gasteiger partial charge in [-0.3, -0.25) is 10.1 Å². The molecule has 0 spiro atoms. The molecule has 2 aromatic carbocycles. The van der Waals surface area contributed by atoms with Crippen LogP contribution in [0.3, 0.4) is 0 Å². The average Bonchev–Trinajstić information content (AvgIpc) is 2.66. The fourth-order valence-electron chi connectivity index (χ4n) is 2.31.